The number of phenolic OH excluding ortho intramolecular Hbond substituents is 1. The molecule has 1 unspecified atom stereocenters. The van der Waals surface area contributed by atoms with Crippen molar-refractivity contribution in [1.82, 2.24) is 9.78 Å². The number of hydrogen-bond acceptors (Lipinski definition) is 7. The number of aliphatic hydroxyl groups excluding tert-OH is 1. The molecule has 0 bridgehead atoms. The van der Waals surface area contributed by atoms with Gasteiger partial charge in [0.15, 0.2) is 13.6 Å². The lowest BCUT2D eigenvalue weighted by molar-refractivity contribution is -0.258. The smallest absolute Gasteiger partial charge is 0.226 e. The first-order valence-electron chi connectivity index (χ1n) is 14.5. The van der Waals surface area contributed by atoms with Crippen LogP contribution in [0.1, 0.15) is 57.7 Å². The van der Waals surface area contributed by atoms with Crippen molar-refractivity contribution in [3.8, 4) is 11.4 Å². The highest BCUT2D eigenvalue weighted by Crippen LogP contribution is 2.72. The minimum Gasteiger partial charge on any atom is -0.508 e. The van der Waals surface area contributed by atoms with Crippen molar-refractivity contribution >= 4 is 6.08 Å². The molecule has 2 aliphatic heterocycles. The van der Waals surface area contributed by atoms with E-state index in [0.29, 0.717) is 30.8 Å². The maximum atomic E-state index is 12.1. The molecule has 3 saturated carbocycles. The van der Waals surface area contributed by atoms with Crippen LogP contribution in [0.15, 0.2) is 36.0 Å². The average molecular weight is 535 g/mol. The molecule has 2 aromatic rings. The average Bonchev–Trinajstić information content (AvgIpc) is 3.67. The van der Waals surface area contributed by atoms with Crippen LogP contribution in [-0.4, -0.2) is 57.7 Å². The van der Waals surface area contributed by atoms with Gasteiger partial charge in [-0.25, -0.2) is 4.68 Å². The van der Waals surface area contributed by atoms with Crippen molar-refractivity contribution in [2.75, 3.05) is 20.2 Å². The molecule has 8 rings (SSSR count). The second kappa shape index (κ2) is 7.95. The van der Waals surface area contributed by atoms with Gasteiger partial charge in [0, 0.05) is 11.6 Å². The predicted molar refractivity (Wildman–Crippen MR) is 142 cm³/mol. The zero-order valence-corrected chi connectivity index (χ0v) is 22.9. The van der Waals surface area contributed by atoms with Crippen LogP contribution in [-0.2, 0) is 25.4 Å². The van der Waals surface area contributed by atoms with Gasteiger partial charge in [-0.15, -0.1) is 0 Å². The Bertz CT molecular complexity index is 1340. The van der Waals surface area contributed by atoms with Crippen molar-refractivity contribution in [1.29, 1.82) is 0 Å². The van der Waals surface area contributed by atoms with Crippen molar-refractivity contribution in [3.05, 3.63) is 47.3 Å². The van der Waals surface area contributed by atoms with Crippen LogP contribution < -0.4 is 0 Å². The number of ether oxygens (including phenoxy) is 4. The summed E-state index contributed by atoms with van der Waals surface area (Å²) in [6.07, 6.45) is 8.48. The van der Waals surface area contributed by atoms with E-state index in [1.165, 1.54) is 11.1 Å². The van der Waals surface area contributed by atoms with Gasteiger partial charge in [0.25, 0.3) is 0 Å². The SMILES string of the molecule is C[C@H]1C[C@@H]2[C@H]([C@@H](O)C[C@@]3(C)[C@H]2CC[C@@]32OCOC23COCO3)[C@@]2(C)Cc3cn(-c4ccc(O)cc4)nc3C=C12. The number of benzene rings is 1. The van der Waals surface area contributed by atoms with Crippen LogP contribution in [0.3, 0.4) is 0 Å². The third-order valence-electron chi connectivity index (χ3n) is 11.8. The molecule has 0 amide bonds. The summed E-state index contributed by atoms with van der Waals surface area (Å²) in [5, 5.41) is 26.7. The molecule has 2 spiro atoms. The monoisotopic (exact) mass is 534 g/mol. The van der Waals surface area contributed by atoms with E-state index < -0.39 is 17.5 Å². The highest BCUT2D eigenvalue weighted by Gasteiger charge is 2.77. The lowest BCUT2D eigenvalue weighted by atomic mass is 9.43. The lowest BCUT2D eigenvalue weighted by Crippen LogP contribution is -2.66. The van der Waals surface area contributed by atoms with Gasteiger partial charge in [0.1, 0.15) is 18.0 Å². The third-order valence-corrected chi connectivity index (χ3v) is 11.8. The Morgan fingerprint density at radius 1 is 1.08 bits per heavy atom. The number of aliphatic hydroxyl groups is 1. The van der Waals surface area contributed by atoms with E-state index in [2.05, 4.69) is 33.0 Å². The van der Waals surface area contributed by atoms with E-state index in [9.17, 15) is 10.2 Å². The fourth-order valence-electron chi connectivity index (χ4n) is 10.3. The maximum Gasteiger partial charge on any atom is 0.226 e. The predicted octanol–water partition coefficient (Wildman–Crippen LogP) is 4.42. The fraction of sp³-hybridized carbons (Fsp3) is 0.645. The van der Waals surface area contributed by atoms with Crippen molar-refractivity contribution in [2.24, 2.45) is 34.5 Å². The molecule has 0 radical (unpaired) electrons. The largest absolute Gasteiger partial charge is 0.508 e. The zero-order chi connectivity index (χ0) is 26.8. The van der Waals surface area contributed by atoms with E-state index in [0.717, 1.165) is 37.1 Å². The minimum atomic E-state index is -0.874. The van der Waals surface area contributed by atoms with Crippen molar-refractivity contribution < 1.29 is 29.2 Å². The second-order valence-corrected chi connectivity index (χ2v) is 13.5. The van der Waals surface area contributed by atoms with Gasteiger partial charge in [-0.05, 0) is 97.1 Å². The molecule has 2 N–H and O–H groups in total. The molecule has 5 fully saturated rings. The summed E-state index contributed by atoms with van der Waals surface area (Å²) in [5.41, 5.74) is 3.58. The number of hydrogen-bond donors (Lipinski definition) is 2. The fourth-order valence-corrected chi connectivity index (χ4v) is 10.3. The molecule has 8 nitrogen and oxygen atoms in total. The molecule has 9 atom stereocenters. The van der Waals surface area contributed by atoms with E-state index in [4.69, 9.17) is 24.0 Å². The zero-order valence-electron chi connectivity index (χ0n) is 22.9. The summed E-state index contributed by atoms with van der Waals surface area (Å²) in [5.74, 6) is 0.729. The molecule has 2 saturated heterocycles. The van der Waals surface area contributed by atoms with Gasteiger partial charge >= 0.3 is 0 Å². The molecule has 208 valence electrons. The van der Waals surface area contributed by atoms with E-state index >= 15 is 0 Å². The number of aromatic hydroxyl groups is 1. The van der Waals surface area contributed by atoms with Crippen LogP contribution in [0, 0.1) is 34.5 Å². The second-order valence-electron chi connectivity index (χ2n) is 13.5. The standard InChI is InChI=1S/C31H38N2O6/c1-18-10-22-23-8-9-30(31(39-17-37-30)15-36-16-38-31)29(23,3)13-26(35)27(22)28(2)12-19-14-33(32-25(19)11-24(18)28)20-4-6-21(34)7-5-20/h4-7,11,14,18,22-23,26-27,34-35H,8-10,12-13,15-17H2,1-3H3/t18-,22-,23-,26-,27+,28-,29-,30+,31?/m0/s1. The Morgan fingerprint density at radius 3 is 2.64 bits per heavy atom. The van der Waals surface area contributed by atoms with E-state index in [1.807, 2.05) is 16.8 Å². The molecule has 1 aromatic heterocycles. The Hall–Kier alpha value is -2.23. The number of phenols is 1. The number of fused-ring (bicyclic) bond motifs is 8. The van der Waals surface area contributed by atoms with Gasteiger partial charge in [0.05, 0.1) is 17.5 Å². The first kappa shape index (κ1) is 24.6. The van der Waals surface area contributed by atoms with Crippen LogP contribution in [0.2, 0.25) is 0 Å². The first-order chi connectivity index (χ1) is 18.7. The third kappa shape index (κ3) is 2.99. The van der Waals surface area contributed by atoms with Crippen molar-refractivity contribution in [2.45, 2.75) is 70.4 Å². The Morgan fingerprint density at radius 2 is 1.87 bits per heavy atom. The first-order valence-corrected chi connectivity index (χ1v) is 14.5. The topological polar surface area (TPSA) is 95.2 Å². The highest BCUT2D eigenvalue weighted by atomic mass is 16.9. The summed E-state index contributed by atoms with van der Waals surface area (Å²) < 4.78 is 26.4. The van der Waals surface area contributed by atoms with E-state index in [1.54, 1.807) is 12.1 Å². The number of aromatic nitrogens is 2. The van der Waals surface area contributed by atoms with Gasteiger partial charge in [-0.3, -0.25) is 0 Å². The quantitative estimate of drug-likeness (QED) is 0.559. The van der Waals surface area contributed by atoms with Gasteiger partial charge < -0.3 is 29.2 Å². The molecule has 8 heteroatoms. The number of allylic oxidation sites excluding steroid dienone is 1. The summed E-state index contributed by atoms with van der Waals surface area (Å²) in [7, 11) is 0. The van der Waals surface area contributed by atoms with Crippen LogP contribution in [0.5, 0.6) is 5.75 Å². The van der Waals surface area contributed by atoms with Gasteiger partial charge in [0.2, 0.25) is 5.79 Å². The summed E-state index contributed by atoms with van der Waals surface area (Å²) in [6.45, 7) is 7.88. The Labute approximate surface area is 228 Å². The highest BCUT2D eigenvalue weighted by molar-refractivity contribution is 5.60. The van der Waals surface area contributed by atoms with Gasteiger partial charge in [-0.1, -0.05) is 26.3 Å². The van der Waals surface area contributed by atoms with Gasteiger partial charge in [-0.2, -0.15) is 5.10 Å². The van der Waals surface area contributed by atoms with Crippen LogP contribution in [0.25, 0.3) is 11.8 Å². The summed E-state index contributed by atoms with van der Waals surface area (Å²) in [4.78, 5) is 0. The summed E-state index contributed by atoms with van der Waals surface area (Å²) in [6, 6.07) is 7.16. The normalized spacial score (nSPS) is 46.2. The number of nitrogens with zero attached hydrogens (tertiary/aromatic N) is 2. The molecular formula is C31H38N2O6. The molecule has 39 heavy (non-hydrogen) atoms. The molecule has 3 heterocycles. The number of rotatable bonds is 1. The molecular weight excluding hydrogens is 496 g/mol. The summed E-state index contributed by atoms with van der Waals surface area (Å²) >= 11 is 0. The lowest BCUT2D eigenvalue weighted by Gasteiger charge is -2.62. The Balaban J connectivity index is 1.17. The molecule has 1 aromatic carbocycles. The maximum absolute atomic E-state index is 12.1. The van der Waals surface area contributed by atoms with Crippen LogP contribution in [0.4, 0.5) is 0 Å². The Kier molecular flexibility index (Phi) is 5.00. The molecule has 4 aliphatic carbocycles. The van der Waals surface area contributed by atoms with E-state index in [-0.39, 0.29) is 36.1 Å². The molecule has 6 aliphatic rings. The minimum absolute atomic E-state index is 0.146. The van der Waals surface area contributed by atoms with Crippen molar-refractivity contribution in [3.63, 3.8) is 0 Å². The van der Waals surface area contributed by atoms with Crippen LogP contribution >= 0.6 is 0 Å².